The summed E-state index contributed by atoms with van der Waals surface area (Å²) in [6.07, 6.45) is 5.17. The predicted molar refractivity (Wildman–Crippen MR) is 87.8 cm³/mol. The van der Waals surface area contributed by atoms with Gasteiger partial charge in [0, 0.05) is 18.2 Å². The third-order valence-electron chi connectivity index (χ3n) is 5.07. The lowest BCUT2D eigenvalue weighted by Crippen LogP contribution is -2.43. The van der Waals surface area contributed by atoms with Crippen LogP contribution >= 0.6 is 0 Å². The standard InChI is InChI=1S/C18H26N2O3/c1-6-12(2)10-18(4,5)14-9-16(22)20(17(14)23)11-19-13(3)7-8-15(19)21/h7-8,12,14H,3,6,9-11H2,1-2,4-5H3. The number of hydrogen-bond acceptors (Lipinski definition) is 3. The second-order valence-corrected chi connectivity index (χ2v) is 7.36. The highest BCUT2D eigenvalue weighted by atomic mass is 16.2. The molecule has 0 spiro atoms. The fourth-order valence-electron chi connectivity index (χ4n) is 3.42. The van der Waals surface area contributed by atoms with Crippen molar-refractivity contribution in [3.05, 3.63) is 24.4 Å². The highest BCUT2D eigenvalue weighted by Crippen LogP contribution is 2.41. The van der Waals surface area contributed by atoms with Crippen molar-refractivity contribution in [1.29, 1.82) is 0 Å². The largest absolute Gasteiger partial charge is 0.291 e. The minimum atomic E-state index is -0.317. The van der Waals surface area contributed by atoms with Gasteiger partial charge in [0.25, 0.3) is 5.91 Å². The van der Waals surface area contributed by atoms with Gasteiger partial charge in [-0.3, -0.25) is 24.2 Å². The molecule has 2 aliphatic rings. The average molecular weight is 318 g/mol. The van der Waals surface area contributed by atoms with Crippen molar-refractivity contribution in [2.45, 2.75) is 47.0 Å². The molecule has 2 aliphatic heterocycles. The molecule has 126 valence electrons. The van der Waals surface area contributed by atoms with Crippen molar-refractivity contribution in [3.63, 3.8) is 0 Å². The van der Waals surface area contributed by atoms with Gasteiger partial charge in [0.2, 0.25) is 11.8 Å². The number of amides is 3. The van der Waals surface area contributed by atoms with Crippen LogP contribution in [-0.4, -0.2) is 34.2 Å². The summed E-state index contributed by atoms with van der Waals surface area (Å²) >= 11 is 0. The maximum absolute atomic E-state index is 12.8. The monoisotopic (exact) mass is 318 g/mol. The molecule has 1 saturated heterocycles. The molecule has 2 rings (SSSR count). The Balaban J connectivity index is 2.11. The first-order valence-electron chi connectivity index (χ1n) is 8.20. The first-order valence-corrected chi connectivity index (χ1v) is 8.20. The van der Waals surface area contributed by atoms with Crippen LogP contribution in [-0.2, 0) is 14.4 Å². The lowest BCUT2D eigenvalue weighted by Gasteiger charge is -2.32. The van der Waals surface area contributed by atoms with E-state index >= 15 is 0 Å². The van der Waals surface area contributed by atoms with Crippen LogP contribution in [0.1, 0.15) is 47.0 Å². The van der Waals surface area contributed by atoms with Crippen LogP contribution < -0.4 is 0 Å². The Labute approximate surface area is 138 Å². The summed E-state index contributed by atoms with van der Waals surface area (Å²) in [5.74, 6) is -0.424. The summed E-state index contributed by atoms with van der Waals surface area (Å²) in [6, 6.07) is 0. The molecule has 0 aromatic heterocycles. The van der Waals surface area contributed by atoms with Crippen molar-refractivity contribution < 1.29 is 14.4 Å². The Morgan fingerprint density at radius 3 is 2.43 bits per heavy atom. The second kappa shape index (κ2) is 6.30. The fraction of sp³-hybridized carbons (Fsp3) is 0.611. The van der Waals surface area contributed by atoms with E-state index in [1.807, 2.05) is 0 Å². The van der Waals surface area contributed by atoms with Crippen LogP contribution in [0, 0.1) is 17.3 Å². The van der Waals surface area contributed by atoms with Gasteiger partial charge in [-0.25, -0.2) is 0 Å². The van der Waals surface area contributed by atoms with Crippen molar-refractivity contribution >= 4 is 17.7 Å². The highest BCUT2D eigenvalue weighted by molar-refractivity contribution is 6.04. The molecule has 1 fully saturated rings. The van der Waals surface area contributed by atoms with E-state index in [9.17, 15) is 14.4 Å². The Morgan fingerprint density at radius 2 is 1.91 bits per heavy atom. The number of rotatable bonds is 6. The topological polar surface area (TPSA) is 57.7 Å². The van der Waals surface area contributed by atoms with Gasteiger partial charge in [-0.1, -0.05) is 40.7 Å². The average Bonchev–Trinajstić information content (AvgIpc) is 2.94. The van der Waals surface area contributed by atoms with E-state index in [0.717, 1.165) is 12.8 Å². The number of carbonyl (C=O) groups is 3. The molecule has 2 heterocycles. The fourth-order valence-corrected chi connectivity index (χ4v) is 3.42. The van der Waals surface area contributed by atoms with E-state index in [4.69, 9.17) is 0 Å². The molecule has 0 N–H and O–H groups in total. The molecular formula is C18H26N2O3. The molecule has 0 aromatic carbocycles. The molecule has 5 heteroatoms. The quantitative estimate of drug-likeness (QED) is 0.708. The molecule has 5 nitrogen and oxygen atoms in total. The number of imide groups is 1. The van der Waals surface area contributed by atoms with Gasteiger partial charge in [0.05, 0.1) is 5.92 Å². The number of carbonyl (C=O) groups excluding carboxylic acids is 3. The Bertz CT molecular complexity index is 559. The van der Waals surface area contributed by atoms with Gasteiger partial charge in [-0.15, -0.1) is 0 Å². The molecule has 2 atom stereocenters. The molecule has 2 unspecified atom stereocenters. The van der Waals surface area contributed by atoms with E-state index in [1.54, 1.807) is 6.08 Å². The molecule has 0 radical (unpaired) electrons. The Hall–Kier alpha value is -1.91. The van der Waals surface area contributed by atoms with Crippen LogP contribution in [0.4, 0.5) is 0 Å². The summed E-state index contributed by atoms with van der Waals surface area (Å²) in [5.41, 5.74) is 0.277. The van der Waals surface area contributed by atoms with Crippen LogP contribution in [0.25, 0.3) is 0 Å². The minimum Gasteiger partial charge on any atom is -0.291 e. The molecule has 23 heavy (non-hydrogen) atoms. The van der Waals surface area contributed by atoms with Gasteiger partial charge >= 0.3 is 0 Å². The third kappa shape index (κ3) is 3.38. The summed E-state index contributed by atoms with van der Waals surface area (Å²) < 4.78 is 0. The number of allylic oxidation sites excluding steroid dienone is 1. The zero-order valence-corrected chi connectivity index (χ0v) is 14.5. The van der Waals surface area contributed by atoms with Crippen molar-refractivity contribution in [2.75, 3.05) is 6.67 Å². The number of likely N-dealkylation sites (tertiary alicyclic amines) is 1. The predicted octanol–water partition coefficient (Wildman–Crippen LogP) is 2.69. The van der Waals surface area contributed by atoms with Crippen LogP contribution in [0.5, 0.6) is 0 Å². The molecule has 0 bridgehead atoms. The van der Waals surface area contributed by atoms with Gasteiger partial charge < -0.3 is 0 Å². The third-order valence-corrected chi connectivity index (χ3v) is 5.07. The van der Waals surface area contributed by atoms with E-state index in [1.165, 1.54) is 15.9 Å². The molecule has 3 amide bonds. The normalized spacial score (nSPS) is 23.4. The van der Waals surface area contributed by atoms with Crippen molar-refractivity contribution in [1.82, 2.24) is 9.80 Å². The van der Waals surface area contributed by atoms with Gasteiger partial charge in [0.15, 0.2) is 0 Å². The van der Waals surface area contributed by atoms with E-state index in [2.05, 4.69) is 34.3 Å². The molecule has 0 saturated carbocycles. The van der Waals surface area contributed by atoms with Crippen molar-refractivity contribution in [3.8, 4) is 0 Å². The highest BCUT2D eigenvalue weighted by Gasteiger charge is 2.47. The maximum atomic E-state index is 12.8. The first kappa shape index (κ1) is 17.4. The summed E-state index contributed by atoms with van der Waals surface area (Å²) in [7, 11) is 0. The number of nitrogens with zero attached hydrogens (tertiary/aromatic N) is 2. The Kier molecular flexibility index (Phi) is 4.78. The summed E-state index contributed by atoms with van der Waals surface area (Å²) in [5, 5.41) is 0. The second-order valence-electron chi connectivity index (χ2n) is 7.36. The van der Waals surface area contributed by atoms with Gasteiger partial charge in [-0.2, -0.15) is 0 Å². The minimum absolute atomic E-state index is 0.0295. The first-order chi connectivity index (χ1) is 10.7. The van der Waals surface area contributed by atoms with Gasteiger partial charge in [-0.05, 0) is 23.8 Å². The zero-order valence-electron chi connectivity index (χ0n) is 14.5. The summed E-state index contributed by atoms with van der Waals surface area (Å²) in [4.78, 5) is 39.4. The lowest BCUT2D eigenvalue weighted by molar-refractivity contribution is -0.143. The van der Waals surface area contributed by atoms with E-state index in [-0.39, 0.29) is 42.1 Å². The molecule has 0 aromatic rings. The van der Waals surface area contributed by atoms with E-state index < -0.39 is 0 Å². The summed E-state index contributed by atoms with van der Waals surface area (Å²) in [6.45, 7) is 12.1. The zero-order chi connectivity index (χ0) is 17.4. The molecule has 0 aliphatic carbocycles. The maximum Gasteiger partial charge on any atom is 0.252 e. The van der Waals surface area contributed by atoms with Crippen LogP contribution in [0.3, 0.4) is 0 Å². The van der Waals surface area contributed by atoms with Gasteiger partial charge in [0.1, 0.15) is 6.67 Å². The smallest absolute Gasteiger partial charge is 0.252 e. The van der Waals surface area contributed by atoms with Crippen LogP contribution in [0.15, 0.2) is 24.4 Å². The SMILES string of the molecule is C=C1C=CC(=O)N1CN1C(=O)CC(C(C)(C)CC(C)CC)C1=O. The lowest BCUT2D eigenvalue weighted by atomic mass is 9.72. The van der Waals surface area contributed by atoms with E-state index in [0.29, 0.717) is 11.6 Å². The Morgan fingerprint density at radius 1 is 1.26 bits per heavy atom. The number of hydrogen-bond donors (Lipinski definition) is 0. The van der Waals surface area contributed by atoms with Crippen LogP contribution in [0.2, 0.25) is 0 Å². The van der Waals surface area contributed by atoms with Crippen molar-refractivity contribution in [2.24, 2.45) is 17.3 Å². The molecular weight excluding hydrogens is 292 g/mol.